The fraction of sp³-hybridized carbons (Fsp3) is 0.312. The van der Waals surface area contributed by atoms with Gasteiger partial charge in [-0.05, 0) is 67.6 Å². The van der Waals surface area contributed by atoms with Gasteiger partial charge in [-0.15, -0.1) is 18.3 Å². The molecule has 230 valence electrons. The molecule has 4 aromatic rings. The molecule has 0 saturated carbocycles. The molecule has 8 nitrogen and oxygen atoms in total. The van der Waals surface area contributed by atoms with Gasteiger partial charge in [0.1, 0.15) is 12.1 Å². The van der Waals surface area contributed by atoms with Crippen molar-refractivity contribution in [3.05, 3.63) is 90.3 Å². The molecule has 1 aliphatic rings. The van der Waals surface area contributed by atoms with Crippen molar-refractivity contribution in [2.24, 2.45) is 4.99 Å². The molecule has 0 radical (unpaired) electrons. The molecule has 44 heavy (non-hydrogen) atoms. The van der Waals surface area contributed by atoms with E-state index in [1.807, 2.05) is 50.2 Å². The fourth-order valence-electron chi connectivity index (χ4n) is 4.91. The maximum Gasteiger partial charge on any atom is 0.573 e. The molecule has 1 N–H and O–H groups in total. The van der Waals surface area contributed by atoms with Crippen LogP contribution in [0.4, 0.5) is 23.7 Å². The standard InChI is InChI=1S/C32H33F3N6O2S/c1-21(2)26-8-5-6-9-27(26)40-18-7-19-44-30(40)37-29(42)38-31(3,4)23-12-10-22(11-13-23)28-36-20-41(39-28)24-14-16-25(17-15-24)43-32(33,34)35/h5-6,8-17,20-21H,7,18-19H2,1-4H3,(H,38,42)/b37-30-. The van der Waals surface area contributed by atoms with Gasteiger partial charge in [-0.25, -0.2) is 14.5 Å². The summed E-state index contributed by atoms with van der Waals surface area (Å²) >= 11 is 1.59. The number of nitrogens with one attached hydrogen (secondary N) is 1. The SMILES string of the molecule is CC(C)c1ccccc1N1CCCS/C1=N\C(=O)NC(C)(C)c1ccc(-c2ncn(-c3ccc(OC(F)(F)F)cc3)n2)cc1. The Hall–Kier alpha value is -4.32. The van der Waals surface area contributed by atoms with Crippen molar-refractivity contribution in [1.82, 2.24) is 20.1 Å². The molecule has 1 saturated heterocycles. The van der Waals surface area contributed by atoms with Crippen LogP contribution in [0.5, 0.6) is 5.75 Å². The third kappa shape index (κ3) is 7.42. The van der Waals surface area contributed by atoms with Crippen molar-refractivity contribution in [1.29, 1.82) is 0 Å². The maximum atomic E-state index is 13.2. The van der Waals surface area contributed by atoms with E-state index in [1.165, 1.54) is 40.8 Å². The van der Waals surface area contributed by atoms with Crippen molar-refractivity contribution in [3.8, 4) is 22.8 Å². The van der Waals surface area contributed by atoms with E-state index in [9.17, 15) is 18.0 Å². The molecule has 3 aromatic carbocycles. The highest BCUT2D eigenvalue weighted by Gasteiger charge is 2.31. The second kappa shape index (κ2) is 12.7. The fourth-order valence-corrected chi connectivity index (χ4v) is 5.86. The topological polar surface area (TPSA) is 84.6 Å². The summed E-state index contributed by atoms with van der Waals surface area (Å²) in [7, 11) is 0. The summed E-state index contributed by atoms with van der Waals surface area (Å²) in [5.74, 6) is 1.37. The quantitative estimate of drug-likeness (QED) is 0.226. The number of halogens is 3. The van der Waals surface area contributed by atoms with Crippen LogP contribution < -0.4 is 15.0 Å². The number of nitrogens with zero attached hydrogens (tertiary/aromatic N) is 5. The molecule has 0 aliphatic carbocycles. The molecule has 0 spiro atoms. The van der Waals surface area contributed by atoms with Gasteiger partial charge in [0.05, 0.1) is 11.2 Å². The number of urea groups is 1. The summed E-state index contributed by atoms with van der Waals surface area (Å²) in [6.07, 6.45) is -2.26. The van der Waals surface area contributed by atoms with Crippen LogP contribution in [0.2, 0.25) is 0 Å². The van der Waals surface area contributed by atoms with E-state index in [0.29, 0.717) is 22.6 Å². The number of anilines is 1. The Kier molecular flexibility index (Phi) is 9.00. The number of rotatable bonds is 7. The van der Waals surface area contributed by atoms with Gasteiger partial charge in [0.2, 0.25) is 0 Å². The number of alkyl halides is 3. The van der Waals surface area contributed by atoms with Crippen LogP contribution in [0.15, 0.2) is 84.1 Å². The molecule has 0 unspecified atom stereocenters. The molecular formula is C32H33F3N6O2S. The van der Waals surface area contributed by atoms with E-state index in [-0.39, 0.29) is 5.75 Å². The number of para-hydroxylation sites is 1. The Bertz CT molecular complexity index is 1630. The first-order valence-electron chi connectivity index (χ1n) is 14.2. The normalized spacial score (nSPS) is 15.1. The first-order valence-corrected chi connectivity index (χ1v) is 15.2. The van der Waals surface area contributed by atoms with Gasteiger partial charge in [0.15, 0.2) is 11.0 Å². The lowest BCUT2D eigenvalue weighted by Crippen LogP contribution is -2.41. The number of thioether (sulfide) groups is 1. The molecule has 1 aromatic heterocycles. The van der Waals surface area contributed by atoms with Gasteiger partial charge in [-0.3, -0.25) is 0 Å². The molecular weight excluding hydrogens is 589 g/mol. The minimum atomic E-state index is -4.75. The van der Waals surface area contributed by atoms with Gasteiger partial charge in [0, 0.05) is 23.5 Å². The highest BCUT2D eigenvalue weighted by atomic mass is 32.2. The lowest BCUT2D eigenvalue weighted by molar-refractivity contribution is -0.274. The largest absolute Gasteiger partial charge is 0.573 e. The number of carbonyl (C=O) groups excluding carboxylic acids is 1. The summed E-state index contributed by atoms with van der Waals surface area (Å²) in [4.78, 5) is 24.2. The lowest BCUT2D eigenvalue weighted by Gasteiger charge is -2.32. The highest BCUT2D eigenvalue weighted by Crippen LogP contribution is 2.32. The van der Waals surface area contributed by atoms with Crippen molar-refractivity contribution >= 4 is 28.6 Å². The van der Waals surface area contributed by atoms with Crippen LogP contribution in [0, 0.1) is 0 Å². The number of ether oxygens (including phenoxy) is 1. The summed E-state index contributed by atoms with van der Waals surface area (Å²) in [5.41, 5.74) is 3.73. The monoisotopic (exact) mass is 622 g/mol. The molecule has 0 bridgehead atoms. The van der Waals surface area contributed by atoms with Crippen molar-refractivity contribution in [2.75, 3.05) is 17.2 Å². The number of aliphatic imine (C=N–C) groups is 1. The molecule has 12 heteroatoms. The van der Waals surface area contributed by atoms with E-state index in [4.69, 9.17) is 0 Å². The Morgan fingerprint density at radius 3 is 2.41 bits per heavy atom. The number of hydrogen-bond donors (Lipinski definition) is 1. The molecule has 2 amide bonds. The zero-order chi connectivity index (χ0) is 31.5. The predicted octanol–water partition coefficient (Wildman–Crippen LogP) is 7.90. The van der Waals surface area contributed by atoms with Crippen LogP contribution in [0.3, 0.4) is 0 Å². The lowest BCUT2D eigenvalue weighted by atomic mass is 9.93. The summed E-state index contributed by atoms with van der Waals surface area (Å²) in [6, 6.07) is 20.7. The van der Waals surface area contributed by atoms with E-state index in [1.54, 1.807) is 11.8 Å². The molecule has 5 rings (SSSR count). The number of carbonyl (C=O) groups is 1. The third-order valence-corrected chi connectivity index (χ3v) is 8.21. The highest BCUT2D eigenvalue weighted by molar-refractivity contribution is 8.14. The smallest absolute Gasteiger partial charge is 0.406 e. The molecule has 1 fully saturated rings. The van der Waals surface area contributed by atoms with Crippen LogP contribution >= 0.6 is 11.8 Å². The van der Waals surface area contributed by atoms with E-state index in [2.05, 4.69) is 56.0 Å². The van der Waals surface area contributed by atoms with Crippen molar-refractivity contribution < 1.29 is 22.7 Å². The predicted molar refractivity (Wildman–Crippen MR) is 167 cm³/mol. The Labute approximate surface area is 258 Å². The summed E-state index contributed by atoms with van der Waals surface area (Å²) in [5, 5.41) is 8.20. The number of hydrogen-bond acceptors (Lipinski definition) is 5. The first-order chi connectivity index (χ1) is 20.9. The van der Waals surface area contributed by atoms with E-state index < -0.39 is 17.9 Å². The van der Waals surface area contributed by atoms with Crippen LogP contribution in [0.1, 0.15) is 51.2 Å². The van der Waals surface area contributed by atoms with Crippen molar-refractivity contribution in [3.63, 3.8) is 0 Å². The summed E-state index contributed by atoms with van der Waals surface area (Å²) < 4.78 is 42.7. The van der Waals surface area contributed by atoms with Crippen LogP contribution in [-0.2, 0) is 5.54 Å². The third-order valence-electron chi connectivity index (χ3n) is 7.15. The van der Waals surface area contributed by atoms with Gasteiger partial charge in [0.25, 0.3) is 0 Å². The van der Waals surface area contributed by atoms with Gasteiger partial charge in [-0.2, -0.15) is 4.99 Å². The number of amides is 2. The number of aromatic nitrogens is 3. The van der Waals surface area contributed by atoms with Gasteiger partial charge in [-0.1, -0.05) is 68.1 Å². The number of benzene rings is 3. The molecule has 2 heterocycles. The van der Waals surface area contributed by atoms with Crippen LogP contribution in [-0.4, -0.2) is 44.6 Å². The molecule has 1 aliphatic heterocycles. The van der Waals surface area contributed by atoms with E-state index in [0.717, 1.165) is 35.5 Å². The van der Waals surface area contributed by atoms with Crippen LogP contribution in [0.25, 0.3) is 17.1 Å². The average Bonchev–Trinajstić information content (AvgIpc) is 3.47. The zero-order valence-corrected chi connectivity index (χ0v) is 25.6. The second-order valence-electron chi connectivity index (χ2n) is 11.1. The Morgan fingerprint density at radius 2 is 1.73 bits per heavy atom. The minimum Gasteiger partial charge on any atom is -0.406 e. The minimum absolute atomic E-state index is 0.315. The van der Waals surface area contributed by atoms with Gasteiger partial charge < -0.3 is 15.0 Å². The zero-order valence-electron chi connectivity index (χ0n) is 24.8. The average molecular weight is 623 g/mol. The second-order valence-corrected chi connectivity index (χ2v) is 12.2. The maximum absolute atomic E-state index is 13.2. The van der Waals surface area contributed by atoms with E-state index >= 15 is 0 Å². The Morgan fingerprint density at radius 1 is 1.02 bits per heavy atom. The summed E-state index contributed by atoms with van der Waals surface area (Å²) in [6.45, 7) is 8.95. The molecule has 0 atom stereocenters. The van der Waals surface area contributed by atoms with Gasteiger partial charge >= 0.3 is 12.4 Å². The number of amidine groups is 1. The first kappa shape index (κ1) is 31.1. The Balaban J connectivity index is 1.27. The van der Waals surface area contributed by atoms with Crippen molar-refractivity contribution in [2.45, 2.75) is 51.9 Å².